The summed E-state index contributed by atoms with van der Waals surface area (Å²) in [6.07, 6.45) is 19.9. The van der Waals surface area contributed by atoms with Crippen LogP contribution in [0, 0.1) is 5.92 Å². The maximum Gasteiger partial charge on any atom is 0.238 e. The summed E-state index contributed by atoms with van der Waals surface area (Å²) in [6, 6.07) is 10.5. The summed E-state index contributed by atoms with van der Waals surface area (Å²) in [7, 11) is 0. The van der Waals surface area contributed by atoms with Crippen molar-refractivity contribution in [3.05, 3.63) is 95.4 Å². The molecule has 0 aromatic heterocycles. The van der Waals surface area contributed by atoms with Crippen LogP contribution in [0.5, 0.6) is 0 Å². The van der Waals surface area contributed by atoms with Gasteiger partial charge in [0.2, 0.25) is 5.91 Å². The first-order chi connectivity index (χ1) is 14.2. The second kappa shape index (κ2) is 15.7. The highest BCUT2D eigenvalue weighted by molar-refractivity contribution is 8.05. The Morgan fingerprint density at radius 1 is 1.21 bits per heavy atom. The van der Waals surface area contributed by atoms with Gasteiger partial charge in [0.25, 0.3) is 0 Å². The zero-order chi connectivity index (χ0) is 21.3. The molecule has 0 N–H and O–H groups in total. The lowest BCUT2D eigenvalue weighted by atomic mass is 10.1. The summed E-state index contributed by atoms with van der Waals surface area (Å²) in [4.78, 5) is 18.0. The first-order valence-electron chi connectivity index (χ1n) is 9.44. The first kappa shape index (κ1) is 24.8. The number of hydrogen-bond acceptors (Lipinski definition) is 4. The van der Waals surface area contributed by atoms with Gasteiger partial charge in [0, 0.05) is 6.54 Å². The summed E-state index contributed by atoms with van der Waals surface area (Å²) in [6.45, 7) is 6.28. The van der Waals surface area contributed by atoms with Crippen molar-refractivity contribution in [3.8, 4) is 0 Å². The Labute approximate surface area is 184 Å². The Morgan fingerprint density at radius 2 is 1.93 bits per heavy atom. The molecule has 1 aromatic carbocycles. The highest BCUT2D eigenvalue weighted by Gasteiger charge is 2.23. The van der Waals surface area contributed by atoms with Gasteiger partial charge in [-0.15, -0.1) is 0 Å². The quantitative estimate of drug-likeness (QED) is 0.533. The fourth-order valence-corrected chi connectivity index (χ4v) is 3.01. The second-order valence-corrected chi connectivity index (χ2v) is 7.75. The van der Waals surface area contributed by atoms with Gasteiger partial charge in [-0.05, 0) is 36.0 Å². The zero-order valence-corrected chi connectivity index (χ0v) is 19.0. The topological polar surface area (TPSA) is 32.7 Å². The minimum absolute atomic E-state index is 0.0580. The molecule has 2 aliphatic rings. The molecule has 0 saturated heterocycles. The van der Waals surface area contributed by atoms with Gasteiger partial charge in [0.1, 0.15) is 0 Å². The number of allylic oxidation sites excluding steroid dienone is 4. The highest BCUT2D eigenvalue weighted by atomic mass is 32.2. The third-order valence-corrected chi connectivity index (χ3v) is 4.51. The number of hydrogen-bond donors (Lipinski definition) is 0. The Kier molecular flexibility index (Phi) is 13.4. The standard InChI is InChI=1S/C14H14N2OS.C8H10.C2H6S/c1-2-3-4-5-6-8-16-11-15-13-10-12(14(16)17)7-9-18-13;1-2-8-6-4-3-5-7-8;1-3-2/h2-7,9-12H,1,8H2;3-7H,2H2,1H3;1-2H3/b4-3-,6-5-;;. The van der Waals surface area contributed by atoms with Crippen LogP contribution in [-0.2, 0) is 11.2 Å². The molecule has 1 unspecified atom stereocenters. The lowest BCUT2D eigenvalue weighted by molar-refractivity contribution is -0.128. The number of thioether (sulfide) groups is 2. The van der Waals surface area contributed by atoms with Crippen LogP contribution in [0.2, 0.25) is 0 Å². The van der Waals surface area contributed by atoms with Crippen LogP contribution in [0.4, 0.5) is 0 Å². The zero-order valence-electron chi connectivity index (χ0n) is 17.4. The summed E-state index contributed by atoms with van der Waals surface area (Å²) < 4.78 is 0. The van der Waals surface area contributed by atoms with Crippen LogP contribution in [0.25, 0.3) is 0 Å². The molecule has 0 spiro atoms. The second-order valence-electron chi connectivity index (χ2n) is 6.01. The Hall–Kier alpha value is -2.24. The van der Waals surface area contributed by atoms with Crippen LogP contribution in [0.1, 0.15) is 12.5 Å². The van der Waals surface area contributed by atoms with Gasteiger partial charge in [-0.2, -0.15) is 11.8 Å². The molecule has 0 saturated carbocycles. The molecule has 0 fully saturated rings. The predicted molar refractivity (Wildman–Crippen MR) is 132 cm³/mol. The van der Waals surface area contributed by atoms with E-state index in [-0.39, 0.29) is 11.8 Å². The number of aliphatic imine (C=N–C) groups is 1. The van der Waals surface area contributed by atoms with Crippen molar-refractivity contribution in [1.82, 2.24) is 4.90 Å². The van der Waals surface area contributed by atoms with Gasteiger partial charge >= 0.3 is 0 Å². The number of carbonyl (C=O) groups is 1. The van der Waals surface area contributed by atoms with E-state index >= 15 is 0 Å². The normalized spacial score (nSPS) is 17.2. The van der Waals surface area contributed by atoms with Crippen molar-refractivity contribution in [2.45, 2.75) is 13.3 Å². The molecule has 2 aliphatic heterocycles. The van der Waals surface area contributed by atoms with E-state index in [4.69, 9.17) is 0 Å². The monoisotopic (exact) mass is 426 g/mol. The van der Waals surface area contributed by atoms with E-state index < -0.39 is 0 Å². The minimum atomic E-state index is -0.180. The van der Waals surface area contributed by atoms with Crippen LogP contribution in [0.15, 0.2) is 94.9 Å². The van der Waals surface area contributed by atoms with Gasteiger partial charge in [0.15, 0.2) is 0 Å². The summed E-state index contributed by atoms with van der Waals surface area (Å²) in [5.41, 5.74) is 1.41. The summed E-state index contributed by atoms with van der Waals surface area (Å²) >= 11 is 3.28. The molecule has 1 atom stereocenters. The average molecular weight is 427 g/mol. The molecular weight excluding hydrogens is 396 g/mol. The molecule has 3 nitrogen and oxygen atoms in total. The number of amides is 1. The molecule has 1 amide bonds. The van der Waals surface area contributed by atoms with Crippen molar-refractivity contribution < 1.29 is 4.79 Å². The molecule has 29 heavy (non-hydrogen) atoms. The van der Waals surface area contributed by atoms with E-state index in [1.165, 1.54) is 17.3 Å². The third kappa shape index (κ3) is 10.2. The van der Waals surface area contributed by atoms with Gasteiger partial charge in [-0.3, -0.25) is 9.69 Å². The molecule has 0 radical (unpaired) electrons. The molecular formula is C24H30N2OS2. The van der Waals surface area contributed by atoms with Crippen molar-refractivity contribution in [2.75, 3.05) is 19.1 Å². The lowest BCUT2D eigenvalue weighted by Crippen LogP contribution is -2.33. The average Bonchev–Trinajstić information content (AvgIpc) is 2.86. The molecule has 2 heterocycles. The smallest absolute Gasteiger partial charge is 0.238 e. The molecule has 0 aliphatic carbocycles. The van der Waals surface area contributed by atoms with Crippen LogP contribution < -0.4 is 0 Å². The van der Waals surface area contributed by atoms with E-state index in [0.717, 1.165) is 11.4 Å². The number of benzene rings is 1. The van der Waals surface area contributed by atoms with Gasteiger partial charge in [-0.1, -0.05) is 92.1 Å². The first-order valence-corrected chi connectivity index (χ1v) is 12.0. The van der Waals surface area contributed by atoms with Crippen LogP contribution in [-0.4, -0.2) is 36.2 Å². The Balaban J connectivity index is 0.000000317. The van der Waals surface area contributed by atoms with Crippen molar-refractivity contribution >= 4 is 35.8 Å². The summed E-state index contributed by atoms with van der Waals surface area (Å²) in [5.74, 6) is -0.122. The maximum atomic E-state index is 12.1. The molecule has 2 bridgehead atoms. The lowest BCUT2D eigenvalue weighted by Gasteiger charge is -2.17. The van der Waals surface area contributed by atoms with E-state index in [0.29, 0.717) is 6.54 Å². The van der Waals surface area contributed by atoms with Crippen molar-refractivity contribution in [3.63, 3.8) is 0 Å². The number of aryl methyl sites for hydroxylation is 1. The van der Waals surface area contributed by atoms with E-state index in [2.05, 4.69) is 42.8 Å². The summed E-state index contributed by atoms with van der Waals surface area (Å²) in [5, 5.41) is 2.80. The third-order valence-electron chi connectivity index (χ3n) is 3.74. The van der Waals surface area contributed by atoms with Crippen LogP contribution in [0.3, 0.4) is 0 Å². The Morgan fingerprint density at radius 3 is 2.55 bits per heavy atom. The molecule has 5 heteroatoms. The van der Waals surface area contributed by atoms with Crippen LogP contribution >= 0.6 is 23.5 Å². The van der Waals surface area contributed by atoms with Gasteiger partial charge < -0.3 is 0 Å². The van der Waals surface area contributed by atoms with Gasteiger partial charge in [0.05, 0.1) is 17.3 Å². The minimum Gasteiger partial charge on any atom is -0.298 e. The number of fused-ring (bicyclic) bond motifs is 1. The largest absolute Gasteiger partial charge is 0.298 e. The number of carbonyl (C=O) groups excluding carboxylic acids is 1. The molecule has 154 valence electrons. The number of nitrogens with zero attached hydrogens (tertiary/aromatic N) is 2. The number of rotatable bonds is 5. The van der Waals surface area contributed by atoms with E-state index in [1.54, 1.807) is 29.1 Å². The molecule has 3 rings (SSSR count). The predicted octanol–water partition coefficient (Wildman–Crippen LogP) is 6.10. The maximum absolute atomic E-state index is 12.1. The SMILES string of the molecule is C=C/C=C\C=C/CN1C=NC2=CC(C=CS2)C1=O.CCc1ccccc1.CSC. The fourth-order valence-electron chi connectivity index (χ4n) is 2.29. The Bertz CT molecular complexity index is 764. The van der Waals surface area contributed by atoms with Gasteiger partial charge in [-0.25, -0.2) is 4.99 Å². The van der Waals surface area contributed by atoms with Crippen molar-refractivity contribution in [1.29, 1.82) is 0 Å². The highest BCUT2D eigenvalue weighted by Crippen LogP contribution is 2.29. The fraction of sp³-hybridized carbons (Fsp3) is 0.250. The van der Waals surface area contributed by atoms with E-state index in [1.807, 2.05) is 60.4 Å². The molecule has 1 aromatic rings. The van der Waals surface area contributed by atoms with E-state index in [9.17, 15) is 4.79 Å². The van der Waals surface area contributed by atoms with Crippen molar-refractivity contribution in [2.24, 2.45) is 10.9 Å².